The molecule has 6 atom stereocenters. The van der Waals surface area contributed by atoms with Crippen molar-refractivity contribution in [3.05, 3.63) is 29.3 Å². The second-order valence-corrected chi connectivity index (χ2v) is 11.1. The Hall–Kier alpha value is -1.49. The summed E-state index contributed by atoms with van der Waals surface area (Å²) in [5.74, 6) is 3.56. The van der Waals surface area contributed by atoms with Gasteiger partial charge in [0.05, 0.1) is 0 Å². The molecular weight excluding hydrogens is 394 g/mol. The molecule has 0 spiro atoms. The number of amides is 1. The number of carbonyl (C=O) groups is 2. The number of phenols is 1. The number of benzene rings is 1. The largest absolute Gasteiger partial charge is 0.508 e. The molecule has 2 saturated carbocycles. The minimum atomic E-state index is -0.0386. The number of carbonyl (C=O) groups excluding carboxylic acids is 2. The van der Waals surface area contributed by atoms with Gasteiger partial charge in [0, 0.05) is 25.1 Å². The maximum Gasteiger partial charge on any atom is 0.216 e. The van der Waals surface area contributed by atoms with Crippen LogP contribution in [0.3, 0.4) is 0 Å². The Balaban J connectivity index is 1.44. The van der Waals surface area contributed by atoms with Gasteiger partial charge < -0.3 is 10.4 Å². The van der Waals surface area contributed by atoms with Crippen LogP contribution in [0.1, 0.15) is 69.9 Å². The summed E-state index contributed by atoms with van der Waals surface area (Å²) in [6.07, 6.45) is 7.06. The fourth-order valence-corrected chi connectivity index (χ4v) is 7.94. The molecule has 1 aromatic carbocycles. The van der Waals surface area contributed by atoms with Gasteiger partial charge in [-0.2, -0.15) is 0 Å². The second-order valence-electron chi connectivity index (χ2n) is 9.97. The number of aromatic hydroxyl groups is 1. The van der Waals surface area contributed by atoms with E-state index in [1.807, 2.05) is 12.1 Å². The lowest BCUT2D eigenvalue weighted by Gasteiger charge is -2.51. The van der Waals surface area contributed by atoms with E-state index in [0.29, 0.717) is 46.8 Å². The lowest BCUT2D eigenvalue weighted by Crippen LogP contribution is -2.44. The molecule has 1 amide bonds. The molecule has 0 bridgehead atoms. The van der Waals surface area contributed by atoms with E-state index in [0.717, 1.165) is 12.8 Å². The van der Waals surface area contributed by atoms with Crippen LogP contribution in [0.25, 0.3) is 0 Å². The minimum absolute atomic E-state index is 0.0386. The average molecular weight is 430 g/mol. The van der Waals surface area contributed by atoms with E-state index in [-0.39, 0.29) is 17.2 Å². The van der Waals surface area contributed by atoms with Crippen LogP contribution in [0.5, 0.6) is 5.75 Å². The molecule has 1 aromatic rings. The van der Waals surface area contributed by atoms with Crippen LogP contribution in [-0.2, 0) is 16.0 Å². The molecule has 30 heavy (non-hydrogen) atoms. The van der Waals surface area contributed by atoms with Crippen molar-refractivity contribution in [2.24, 2.45) is 29.1 Å². The highest BCUT2D eigenvalue weighted by Gasteiger charge is 2.56. The van der Waals surface area contributed by atoms with Crippen molar-refractivity contribution in [3.63, 3.8) is 0 Å². The van der Waals surface area contributed by atoms with Crippen molar-refractivity contribution in [1.82, 2.24) is 5.32 Å². The van der Waals surface area contributed by atoms with Gasteiger partial charge in [-0.05, 0) is 90.9 Å². The number of aryl methyl sites for hydroxylation is 1. The lowest BCUT2D eigenvalue weighted by atomic mass is 9.53. The van der Waals surface area contributed by atoms with Gasteiger partial charge in [0.1, 0.15) is 5.75 Å². The van der Waals surface area contributed by atoms with Crippen LogP contribution in [0.15, 0.2) is 18.2 Å². The molecule has 3 aliphatic rings. The lowest BCUT2D eigenvalue weighted by molar-refractivity contribution is -0.119. The van der Waals surface area contributed by atoms with Crippen molar-refractivity contribution in [2.45, 2.75) is 65.2 Å². The fraction of sp³-hybridized carbons (Fsp3) is 0.680. The van der Waals surface area contributed by atoms with Gasteiger partial charge in [0.25, 0.3) is 0 Å². The molecule has 164 valence electrons. The Bertz CT molecular complexity index is 825. The molecule has 5 heteroatoms. The summed E-state index contributed by atoms with van der Waals surface area (Å²) in [5.41, 5.74) is 3.06. The van der Waals surface area contributed by atoms with Crippen LogP contribution >= 0.6 is 11.8 Å². The zero-order chi connectivity index (χ0) is 21.5. The summed E-state index contributed by atoms with van der Waals surface area (Å²) in [6.45, 7) is 6.67. The number of hydrogen-bond donors (Lipinski definition) is 2. The fourth-order valence-electron chi connectivity index (χ4n) is 7.11. The Morgan fingerprint density at radius 3 is 2.83 bits per heavy atom. The van der Waals surface area contributed by atoms with E-state index in [9.17, 15) is 14.7 Å². The van der Waals surface area contributed by atoms with Crippen LogP contribution in [0.4, 0.5) is 0 Å². The van der Waals surface area contributed by atoms with E-state index in [1.54, 1.807) is 0 Å². The first-order chi connectivity index (χ1) is 14.3. The predicted octanol–water partition coefficient (Wildman–Crippen LogP) is 4.90. The monoisotopic (exact) mass is 429 g/mol. The standard InChI is InChI=1S/C25H35NO3S/c1-15(24(29)30-13-12-26-16(2)27)22-8-9-23-21-6-4-17-14-18(28)5-7-19(17)20(21)10-11-25(22,23)3/h5,7,14-15,20-23,28H,4,6,8-13H2,1-3H3,(H,26,27)/t15-,20?,21?,22+,23?,25+/m0/s1. The number of phenolic OH excluding ortho intramolecular Hbond substituents is 1. The zero-order valence-corrected chi connectivity index (χ0v) is 19.3. The van der Waals surface area contributed by atoms with Crippen LogP contribution in [0.2, 0.25) is 0 Å². The third-order valence-electron chi connectivity index (χ3n) is 8.48. The van der Waals surface area contributed by atoms with Gasteiger partial charge in [0.15, 0.2) is 5.12 Å². The Morgan fingerprint density at radius 1 is 1.27 bits per heavy atom. The third kappa shape index (κ3) is 3.90. The highest BCUT2D eigenvalue weighted by atomic mass is 32.2. The maximum atomic E-state index is 12.9. The van der Waals surface area contributed by atoms with E-state index < -0.39 is 0 Å². The van der Waals surface area contributed by atoms with Gasteiger partial charge in [0.2, 0.25) is 5.91 Å². The van der Waals surface area contributed by atoms with Gasteiger partial charge in [-0.25, -0.2) is 0 Å². The summed E-state index contributed by atoms with van der Waals surface area (Å²) in [5, 5.41) is 12.9. The Labute approximate surface area is 184 Å². The van der Waals surface area contributed by atoms with Crippen molar-refractivity contribution in [3.8, 4) is 5.75 Å². The summed E-state index contributed by atoms with van der Waals surface area (Å²) in [6, 6.07) is 5.98. The molecule has 0 aliphatic heterocycles. The van der Waals surface area contributed by atoms with Crippen LogP contribution in [-0.4, -0.2) is 28.4 Å². The van der Waals surface area contributed by atoms with E-state index in [2.05, 4.69) is 25.2 Å². The molecule has 3 unspecified atom stereocenters. The molecule has 0 radical (unpaired) electrons. The quantitative estimate of drug-likeness (QED) is 0.654. The minimum Gasteiger partial charge on any atom is -0.508 e. The third-order valence-corrected chi connectivity index (χ3v) is 9.54. The topological polar surface area (TPSA) is 66.4 Å². The van der Waals surface area contributed by atoms with E-state index in [1.165, 1.54) is 55.5 Å². The Kier molecular flexibility index (Phi) is 6.20. The molecule has 4 nitrogen and oxygen atoms in total. The normalized spacial score (nSPS) is 33.2. The molecule has 2 fully saturated rings. The summed E-state index contributed by atoms with van der Waals surface area (Å²) in [7, 11) is 0. The van der Waals surface area contributed by atoms with E-state index >= 15 is 0 Å². The van der Waals surface area contributed by atoms with Crippen LogP contribution in [0, 0.1) is 29.1 Å². The van der Waals surface area contributed by atoms with Crippen LogP contribution < -0.4 is 5.32 Å². The second kappa shape index (κ2) is 8.57. The summed E-state index contributed by atoms with van der Waals surface area (Å²) < 4.78 is 0. The first kappa shape index (κ1) is 21.7. The summed E-state index contributed by atoms with van der Waals surface area (Å²) in [4.78, 5) is 23.9. The smallest absolute Gasteiger partial charge is 0.216 e. The highest BCUT2D eigenvalue weighted by Crippen LogP contribution is 2.64. The van der Waals surface area contributed by atoms with E-state index in [4.69, 9.17) is 0 Å². The van der Waals surface area contributed by atoms with Crippen molar-refractivity contribution < 1.29 is 14.7 Å². The molecule has 3 aliphatic carbocycles. The van der Waals surface area contributed by atoms with Crippen molar-refractivity contribution in [1.29, 1.82) is 0 Å². The molecule has 2 N–H and O–H groups in total. The van der Waals surface area contributed by atoms with Crippen molar-refractivity contribution in [2.75, 3.05) is 12.3 Å². The van der Waals surface area contributed by atoms with Gasteiger partial charge in [-0.3, -0.25) is 9.59 Å². The molecule has 4 rings (SSSR count). The number of fused-ring (bicyclic) bond motifs is 5. The SMILES string of the molecule is CC(=O)NCCSC(=O)[C@@H](C)[C@H]1CCC2C3CCc4cc(O)ccc4C3CC[C@@]21C. The molecular formula is C25H35NO3S. The van der Waals surface area contributed by atoms with Gasteiger partial charge >= 0.3 is 0 Å². The number of thioether (sulfide) groups is 1. The maximum absolute atomic E-state index is 12.9. The first-order valence-corrected chi connectivity index (χ1v) is 12.5. The van der Waals surface area contributed by atoms with Gasteiger partial charge in [-0.15, -0.1) is 0 Å². The Morgan fingerprint density at radius 2 is 2.07 bits per heavy atom. The molecule has 0 saturated heterocycles. The molecule has 0 heterocycles. The molecule has 0 aromatic heterocycles. The number of nitrogens with one attached hydrogen (secondary N) is 1. The summed E-state index contributed by atoms with van der Waals surface area (Å²) >= 11 is 1.39. The van der Waals surface area contributed by atoms with Crippen molar-refractivity contribution >= 4 is 22.8 Å². The highest BCUT2D eigenvalue weighted by molar-refractivity contribution is 8.13. The zero-order valence-electron chi connectivity index (χ0n) is 18.4. The first-order valence-electron chi connectivity index (χ1n) is 11.5. The number of hydrogen-bond acceptors (Lipinski definition) is 4. The average Bonchev–Trinajstić information content (AvgIpc) is 3.07. The predicted molar refractivity (Wildman–Crippen MR) is 122 cm³/mol. The van der Waals surface area contributed by atoms with Gasteiger partial charge in [-0.1, -0.05) is 31.7 Å². The number of rotatable bonds is 5.